The van der Waals surface area contributed by atoms with E-state index in [4.69, 9.17) is 4.74 Å². The maximum absolute atomic E-state index is 10.8. The van der Waals surface area contributed by atoms with Crippen LogP contribution in [0.25, 0.3) is 0 Å². The molecular formula is C10H18O4. The van der Waals surface area contributed by atoms with Gasteiger partial charge in [0, 0.05) is 5.41 Å². The Balaban J connectivity index is 3.79. The van der Waals surface area contributed by atoms with Gasteiger partial charge in [0.25, 0.3) is 0 Å². The SMILES string of the molecule is COC(=O)CC(C)OCC(C)(C)C=O. The summed E-state index contributed by atoms with van der Waals surface area (Å²) in [5.74, 6) is -0.304. The normalized spacial score (nSPS) is 13.4. The minimum atomic E-state index is -0.496. The molecule has 0 bridgehead atoms. The summed E-state index contributed by atoms with van der Waals surface area (Å²) in [5, 5.41) is 0. The zero-order valence-corrected chi connectivity index (χ0v) is 9.20. The van der Waals surface area contributed by atoms with Crippen LogP contribution in [0, 0.1) is 5.41 Å². The number of hydrogen-bond donors (Lipinski definition) is 0. The van der Waals surface area contributed by atoms with Gasteiger partial charge in [-0.2, -0.15) is 0 Å². The van der Waals surface area contributed by atoms with E-state index >= 15 is 0 Å². The van der Waals surface area contributed by atoms with Gasteiger partial charge in [-0.1, -0.05) is 13.8 Å². The highest BCUT2D eigenvalue weighted by Crippen LogP contribution is 2.13. The van der Waals surface area contributed by atoms with Crippen molar-refractivity contribution in [2.24, 2.45) is 5.41 Å². The van der Waals surface area contributed by atoms with Gasteiger partial charge in [0.2, 0.25) is 0 Å². The van der Waals surface area contributed by atoms with Gasteiger partial charge >= 0.3 is 5.97 Å². The predicted molar refractivity (Wildman–Crippen MR) is 51.9 cm³/mol. The molecule has 0 heterocycles. The van der Waals surface area contributed by atoms with Gasteiger partial charge in [-0.3, -0.25) is 4.79 Å². The van der Waals surface area contributed by atoms with E-state index < -0.39 is 5.41 Å². The molecule has 0 aliphatic rings. The third-order valence-electron chi connectivity index (χ3n) is 1.74. The fourth-order valence-corrected chi connectivity index (χ4v) is 0.768. The Labute approximate surface area is 84.6 Å². The first-order valence-corrected chi connectivity index (χ1v) is 4.56. The van der Waals surface area contributed by atoms with Crippen molar-refractivity contribution in [2.45, 2.75) is 33.3 Å². The number of methoxy groups -OCH3 is 1. The summed E-state index contributed by atoms with van der Waals surface area (Å²) < 4.78 is 9.83. The van der Waals surface area contributed by atoms with Crippen LogP contribution in [0.3, 0.4) is 0 Å². The maximum Gasteiger partial charge on any atom is 0.308 e. The Morgan fingerprint density at radius 3 is 2.50 bits per heavy atom. The van der Waals surface area contributed by atoms with Crippen LogP contribution in [0.5, 0.6) is 0 Å². The lowest BCUT2D eigenvalue weighted by molar-refractivity contribution is -0.144. The van der Waals surface area contributed by atoms with E-state index in [-0.39, 0.29) is 18.5 Å². The number of ether oxygens (including phenoxy) is 2. The van der Waals surface area contributed by atoms with E-state index in [1.165, 1.54) is 7.11 Å². The molecule has 1 atom stereocenters. The van der Waals surface area contributed by atoms with Crippen molar-refractivity contribution < 1.29 is 19.1 Å². The van der Waals surface area contributed by atoms with E-state index in [2.05, 4.69) is 4.74 Å². The van der Waals surface area contributed by atoms with Crippen molar-refractivity contribution in [2.75, 3.05) is 13.7 Å². The van der Waals surface area contributed by atoms with Gasteiger partial charge in [-0.25, -0.2) is 0 Å². The smallest absolute Gasteiger partial charge is 0.308 e. The summed E-state index contributed by atoms with van der Waals surface area (Å²) in [5.41, 5.74) is -0.496. The minimum Gasteiger partial charge on any atom is -0.469 e. The van der Waals surface area contributed by atoms with E-state index in [1.54, 1.807) is 20.8 Å². The van der Waals surface area contributed by atoms with Gasteiger partial charge in [0.1, 0.15) is 6.29 Å². The van der Waals surface area contributed by atoms with E-state index in [1.807, 2.05) is 0 Å². The summed E-state index contributed by atoms with van der Waals surface area (Å²) >= 11 is 0. The summed E-state index contributed by atoms with van der Waals surface area (Å²) in [4.78, 5) is 21.4. The van der Waals surface area contributed by atoms with Crippen LogP contribution >= 0.6 is 0 Å². The largest absolute Gasteiger partial charge is 0.469 e. The van der Waals surface area contributed by atoms with Gasteiger partial charge in [0.05, 0.1) is 26.2 Å². The highest BCUT2D eigenvalue weighted by molar-refractivity contribution is 5.69. The second kappa shape index (κ2) is 5.75. The lowest BCUT2D eigenvalue weighted by Gasteiger charge is -2.19. The van der Waals surface area contributed by atoms with Crippen molar-refractivity contribution in [3.63, 3.8) is 0 Å². The molecule has 14 heavy (non-hydrogen) atoms. The average molecular weight is 202 g/mol. The molecule has 0 aromatic rings. The first-order chi connectivity index (χ1) is 6.41. The zero-order valence-electron chi connectivity index (χ0n) is 9.20. The molecule has 0 aromatic heterocycles. The Morgan fingerprint density at radius 1 is 1.50 bits per heavy atom. The second-order valence-corrected chi connectivity index (χ2v) is 4.01. The molecule has 0 N–H and O–H groups in total. The molecule has 0 aliphatic carbocycles. The molecule has 0 saturated heterocycles. The third kappa shape index (κ3) is 5.70. The lowest BCUT2D eigenvalue weighted by atomic mass is 9.97. The topological polar surface area (TPSA) is 52.6 Å². The predicted octanol–water partition coefficient (Wildman–Crippen LogP) is 1.18. The van der Waals surface area contributed by atoms with Crippen molar-refractivity contribution in [1.82, 2.24) is 0 Å². The molecule has 1 unspecified atom stereocenters. The Hall–Kier alpha value is -0.900. The van der Waals surface area contributed by atoms with Crippen molar-refractivity contribution >= 4 is 12.3 Å². The number of esters is 1. The van der Waals surface area contributed by atoms with Gasteiger partial charge in [-0.15, -0.1) is 0 Å². The zero-order chi connectivity index (χ0) is 11.2. The van der Waals surface area contributed by atoms with Crippen LogP contribution in [-0.2, 0) is 19.1 Å². The Morgan fingerprint density at radius 2 is 2.07 bits per heavy atom. The highest BCUT2D eigenvalue weighted by Gasteiger charge is 2.19. The molecule has 0 saturated carbocycles. The number of hydrogen-bond acceptors (Lipinski definition) is 4. The van der Waals surface area contributed by atoms with Crippen LogP contribution < -0.4 is 0 Å². The number of aldehydes is 1. The summed E-state index contributed by atoms with van der Waals surface area (Å²) in [6.45, 7) is 5.65. The molecule has 4 heteroatoms. The van der Waals surface area contributed by atoms with Gasteiger partial charge < -0.3 is 14.3 Å². The number of rotatable bonds is 6. The standard InChI is InChI=1S/C10H18O4/c1-8(5-9(12)13-4)14-7-10(2,3)6-11/h6,8H,5,7H2,1-4H3. The van der Waals surface area contributed by atoms with Gasteiger partial charge in [-0.05, 0) is 6.92 Å². The van der Waals surface area contributed by atoms with Crippen LogP contribution in [0.15, 0.2) is 0 Å². The molecule has 0 aromatic carbocycles. The highest BCUT2D eigenvalue weighted by atomic mass is 16.5. The van der Waals surface area contributed by atoms with Crippen LogP contribution in [0.1, 0.15) is 27.2 Å². The monoisotopic (exact) mass is 202 g/mol. The van der Waals surface area contributed by atoms with E-state index in [0.29, 0.717) is 6.61 Å². The molecular weight excluding hydrogens is 184 g/mol. The van der Waals surface area contributed by atoms with Crippen molar-refractivity contribution in [3.8, 4) is 0 Å². The lowest BCUT2D eigenvalue weighted by Crippen LogP contribution is -2.25. The number of carbonyl (C=O) groups is 2. The minimum absolute atomic E-state index is 0.214. The van der Waals surface area contributed by atoms with E-state index in [9.17, 15) is 9.59 Å². The third-order valence-corrected chi connectivity index (χ3v) is 1.74. The molecule has 0 aliphatic heterocycles. The molecule has 0 radical (unpaired) electrons. The summed E-state index contributed by atoms with van der Waals surface area (Å²) in [6.07, 6.45) is 0.838. The molecule has 0 fully saturated rings. The van der Waals surface area contributed by atoms with Gasteiger partial charge in [0.15, 0.2) is 0 Å². The van der Waals surface area contributed by atoms with Crippen LogP contribution in [0.2, 0.25) is 0 Å². The molecule has 82 valence electrons. The quantitative estimate of drug-likeness (QED) is 0.479. The van der Waals surface area contributed by atoms with Crippen LogP contribution in [-0.4, -0.2) is 32.1 Å². The summed E-state index contributed by atoms with van der Waals surface area (Å²) in [7, 11) is 1.34. The van der Waals surface area contributed by atoms with Crippen molar-refractivity contribution in [3.05, 3.63) is 0 Å². The molecule has 0 spiro atoms. The molecule has 4 nitrogen and oxygen atoms in total. The fourth-order valence-electron chi connectivity index (χ4n) is 0.768. The first-order valence-electron chi connectivity index (χ1n) is 4.56. The fraction of sp³-hybridized carbons (Fsp3) is 0.800. The molecule has 0 amide bonds. The molecule has 0 rings (SSSR count). The van der Waals surface area contributed by atoms with Crippen LogP contribution in [0.4, 0.5) is 0 Å². The Bertz CT molecular complexity index is 198. The average Bonchev–Trinajstić information content (AvgIpc) is 2.15. The Kier molecular flexibility index (Phi) is 5.38. The summed E-state index contributed by atoms with van der Waals surface area (Å²) in [6, 6.07) is 0. The first kappa shape index (κ1) is 13.1. The van der Waals surface area contributed by atoms with E-state index in [0.717, 1.165) is 6.29 Å². The number of carbonyl (C=O) groups excluding carboxylic acids is 2. The van der Waals surface area contributed by atoms with Crippen molar-refractivity contribution in [1.29, 1.82) is 0 Å². The second-order valence-electron chi connectivity index (χ2n) is 4.01. The maximum atomic E-state index is 10.8.